The van der Waals surface area contributed by atoms with E-state index in [0.29, 0.717) is 0 Å². The standard InChI is InChI=1S/C16H17NOS2/c1-13(18)16(11-14-7-3-2-4-8-14)20-19-12-15-9-5-6-10-17-15/h2-10,16H,11-12H2,1H3/t16-/m0/s1. The Labute approximate surface area is 127 Å². The van der Waals surface area contributed by atoms with Crippen molar-refractivity contribution in [2.45, 2.75) is 24.3 Å². The van der Waals surface area contributed by atoms with E-state index in [4.69, 9.17) is 0 Å². The zero-order valence-electron chi connectivity index (χ0n) is 11.4. The summed E-state index contributed by atoms with van der Waals surface area (Å²) in [6.07, 6.45) is 2.59. The maximum atomic E-state index is 11.7. The number of hydrogen-bond acceptors (Lipinski definition) is 4. The molecule has 0 radical (unpaired) electrons. The second-order valence-corrected chi connectivity index (χ2v) is 7.04. The number of ketones is 1. The van der Waals surface area contributed by atoms with Gasteiger partial charge in [0, 0.05) is 11.9 Å². The van der Waals surface area contributed by atoms with Gasteiger partial charge in [0.25, 0.3) is 0 Å². The van der Waals surface area contributed by atoms with Crippen LogP contribution in [-0.4, -0.2) is 16.0 Å². The van der Waals surface area contributed by atoms with Gasteiger partial charge in [-0.15, -0.1) is 0 Å². The Hall–Kier alpha value is -1.26. The number of pyridine rings is 1. The highest BCUT2D eigenvalue weighted by atomic mass is 33.1. The van der Waals surface area contributed by atoms with E-state index in [9.17, 15) is 4.79 Å². The molecule has 2 rings (SSSR count). The number of carbonyl (C=O) groups excluding carboxylic acids is 1. The molecule has 104 valence electrons. The van der Waals surface area contributed by atoms with E-state index in [2.05, 4.69) is 17.1 Å². The first-order valence-electron chi connectivity index (χ1n) is 6.48. The first-order valence-corrected chi connectivity index (χ1v) is 8.86. The van der Waals surface area contributed by atoms with Gasteiger partial charge in [0.1, 0.15) is 5.78 Å². The molecule has 0 bridgehead atoms. The number of Topliss-reactive ketones (excluding diaryl/α,β-unsaturated/α-hetero) is 1. The normalized spacial score (nSPS) is 12.1. The van der Waals surface area contributed by atoms with Crippen LogP contribution in [0.25, 0.3) is 0 Å². The number of rotatable bonds is 7. The van der Waals surface area contributed by atoms with Crippen LogP contribution in [0.1, 0.15) is 18.2 Å². The fourth-order valence-corrected chi connectivity index (χ4v) is 4.32. The Kier molecular flexibility index (Phi) is 6.15. The van der Waals surface area contributed by atoms with Crippen molar-refractivity contribution in [3.63, 3.8) is 0 Å². The first kappa shape index (κ1) is 15.1. The van der Waals surface area contributed by atoms with Crippen LogP contribution >= 0.6 is 21.6 Å². The molecular formula is C16H17NOS2. The largest absolute Gasteiger partial charge is 0.299 e. The van der Waals surface area contributed by atoms with Crippen LogP contribution in [-0.2, 0) is 17.0 Å². The molecule has 0 aliphatic rings. The average Bonchev–Trinajstić information content (AvgIpc) is 2.48. The maximum Gasteiger partial charge on any atom is 0.143 e. The Morgan fingerprint density at radius 1 is 1.15 bits per heavy atom. The highest BCUT2D eigenvalue weighted by molar-refractivity contribution is 8.76. The second-order valence-electron chi connectivity index (χ2n) is 4.47. The maximum absolute atomic E-state index is 11.7. The third-order valence-corrected chi connectivity index (χ3v) is 5.57. The molecule has 0 fully saturated rings. The smallest absolute Gasteiger partial charge is 0.143 e. The number of carbonyl (C=O) groups is 1. The number of benzene rings is 1. The molecule has 0 spiro atoms. The molecule has 0 saturated heterocycles. The summed E-state index contributed by atoms with van der Waals surface area (Å²) in [6.45, 7) is 1.67. The van der Waals surface area contributed by atoms with E-state index in [1.807, 2.05) is 36.4 Å². The van der Waals surface area contributed by atoms with Gasteiger partial charge in [0.05, 0.1) is 10.9 Å². The molecule has 2 aromatic rings. The van der Waals surface area contributed by atoms with Crippen LogP contribution < -0.4 is 0 Å². The van der Waals surface area contributed by atoms with Crippen LogP contribution in [0, 0.1) is 0 Å². The molecule has 0 aliphatic carbocycles. The highest BCUT2D eigenvalue weighted by Gasteiger charge is 2.16. The number of hydrogen-bond donors (Lipinski definition) is 0. The second kappa shape index (κ2) is 8.12. The minimum atomic E-state index is 0.00566. The van der Waals surface area contributed by atoms with Crippen LogP contribution in [0.3, 0.4) is 0 Å². The van der Waals surface area contributed by atoms with E-state index in [-0.39, 0.29) is 11.0 Å². The lowest BCUT2D eigenvalue weighted by Crippen LogP contribution is -2.15. The van der Waals surface area contributed by atoms with Crippen LogP contribution in [0.2, 0.25) is 0 Å². The predicted molar refractivity (Wildman–Crippen MR) is 87.7 cm³/mol. The number of nitrogens with zero attached hydrogens (tertiary/aromatic N) is 1. The van der Waals surface area contributed by atoms with E-state index in [0.717, 1.165) is 17.9 Å². The monoisotopic (exact) mass is 303 g/mol. The Balaban J connectivity index is 1.85. The van der Waals surface area contributed by atoms with Crippen molar-refractivity contribution in [2.75, 3.05) is 0 Å². The predicted octanol–water partition coefficient (Wildman–Crippen LogP) is 4.16. The van der Waals surface area contributed by atoms with E-state index in [1.165, 1.54) is 5.56 Å². The van der Waals surface area contributed by atoms with Crippen molar-refractivity contribution >= 4 is 27.4 Å². The third-order valence-electron chi connectivity index (χ3n) is 2.83. The molecule has 20 heavy (non-hydrogen) atoms. The zero-order valence-corrected chi connectivity index (χ0v) is 13.0. The summed E-state index contributed by atoms with van der Waals surface area (Å²) in [5, 5.41) is 0.00566. The quantitative estimate of drug-likeness (QED) is 0.718. The van der Waals surface area contributed by atoms with Gasteiger partial charge >= 0.3 is 0 Å². The first-order chi connectivity index (χ1) is 9.75. The van der Waals surface area contributed by atoms with E-state index >= 15 is 0 Å². The summed E-state index contributed by atoms with van der Waals surface area (Å²) in [6, 6.07) is 16.1. The van der Waals surface area contributed by atoms with Crippen molar-refractivity contribution in [1.82, 2.24) is 4.98 Å². The highest BCUT2D eigenvalue weighted by Crippen LogP contribution is 2.32. The van der Waals surface area contributed by atoms with Crippen molar-refractivity contribution in [3.8, 4) is 0 Å². The zero-order chi connectivity index (χ0) is 14.2. The van der Waals surface area contributed by atoms with Crippen molar-refractivity contribution in [2.24, 2.45) is 0 Å². The van der Waals surface area contributed by atoms with Crippen LogP contribution in [0.4, 0.5) is 0 Å². The van der Waals surface area contributed by atoms with Gasteiger partial charge < -0.3 is 0 Å². The average molecular weight is 303 g/mol. The summed E-state index contributed by atoms with van der Waals surface area (Å²) >= 11 is 0. The van der Waals surface area contributed by atoms with E-state index < -0.39 is 0 Å². The van der Waals surface area contributed by atoms with E-state index in [1.54, 1.807) is 34.7 Å². The molecule has 0 amide bonds. The Morgan fingerprint density at radius 3 is 2.55 bits per heavy atom. The third kappa shape index (κ3) is 5.02. The van der Waals surface area contributed by atoms with Gasteiger partial charge in [-0.1, -0.05) is 58.0 Å². The molecule has 1 aromatic carbocycles. The summed E-state index contributed by atoms with van der Waals surface area (Å²) in [5.41, 5.74) is 2.26. The lowest BCUT2D eigenvalue weighted by molar-refractivity contribution is -0.116. The summed E-state index contributed by atoms with van der Waals surface area (Å²) in [7, 11) is 3.34. The summed E-state index contributed by atoms with van der Waals surface area (Å²) in [5.74, 6) is 1.05. The van der Waals surface area contributed by atoms with Gasteiger partial charge in [0.2, 0.25) is 0 Å². The Morgan fingerprint density at radius 2 is 1.90 bits per heavy atom. The van der Waals surface area contributed by atoms with Crippen molar-refractivity contribution in [3.05, 3.63) is 66.0 Å². The lowest BCUT2D eigenvalue weighted by atomic mass is 10.1. The molecule has 0 N–H and O–H groups in total. The molecule has 1 heterocycles. The molecule has 1 aromatic heterocycles. The van der Waals surface area contributed by atoms with Gasteiger partial charge in [-0.2, -0.15) is 0 Å². The molecule has 0 aliphatic heterocycles. The van der Waals surface area contributed by atoms with Gasteiger partial charge in [-0.25, -0.2) is 0 Å². The van der Waals surface area contributed by atoms with Crippen LogP contribution in [0.15, 0.2) is 54.7 Å². The molecule has 2 nitrogen and oxygen atoms in total. The SMILES string of the molecule is CC(=O)[C@H](Cc1ccccc1)SSCc1ccccn1. The minimum absolute atomic E-state index is 0.00566. The summed E-state index contributed by atoms with van der Waals surface area (Å²) < 4.78 is 0. The van der Waals surface area contributed by atoms with Crippen molar-refractivity contribution in [1.29, 1.82) is 0 Å². The fraction of sp³-hybridized carbons (Fsp3) is 0.250. The fourth-order valence-electron chi connectivity index (χ4n) is 1.73. The molecular weight excluding hydrogens is 286 g/mol. The molecule has 0 saturated carbocycles. The van der Waals surface area contributed by atoms with Gasteiger partial charge in [0.15, 0.2) is 0 Å². The van der Waals surface area contributed by atoms with Crippen molar-refractivity contribution < 1.29 is 4.79 Å². The lowest BCUT2D eigenvalue weighted by Gasteiger charge is -2.12. The summed E-state index contributed by atoms with van der Waals surface area (Å²) in [4.78, 5) is 16.0. The Bertz CT molecular complexity index is 531. The van der Waals surface area contributed by atoms with Gasteiger partial charge in [-0.3, -0.25) is 9.78 Å². The van der Waals surface area contributed by atoms with Gasteiger partial charge in [-0.05, 0) is 31.0 Å². The number of aromatic nitrogens is 1. The topological polar surface area (TPSA) is 30.0 Å². The molecule has 0 unspecified atom stereocenters. The molecule has 1 atom stereocenters. The minimum Gasteiger partial charge on any atom is -0.299 e. The molecule has 4 heteroatoms. The van der Waals surface area contributed by atoms with Crippen LogP contribution in [0.5, 0.6) is 0 Å².